The Morgan fingerprint density at radius 1 is 1.18 bits per heavy atom. The number of rotatable bonds is 3. The van der Waals surface area contributed by atoms with Gasteiger partial charge in [0.1, 0.15) is 0 Å². The summed E-state index contributed by atoms with van der Waals surface area (Å²) in [5.74, 6) is 0.489. The summed E-state index contributed by atoms with van der Waals surface area (Å²) in [6.45, 7) is 4.01. The Bertz CT molecular complexity index is 579. The highest BCUT2D eigenvalue weighted by Crippen LogP contribution is 2.27. The Kier molecular flexibility index (Phi) is 6.07. The zero-order chi connectivity index (χ0) is 16.0. The van der Waals surface area contributed by atoms with Gasteiger partial charge < -0.3 is 9.87 Å². The van der Waals surface area contributed by atoms with Crippen LogP contribution in [0.25, 0.3) is 0 Å². The van der Waals surface area contributed by atoms with Crippen molar-refractivity contribution in [1.29, 1.82) is 0 Å². The monoisotopic (exact) mass is 326 g/mol. The van der Waals surface area contributed by atoms with E-state index in [9.17, 15) is 17.8 Å². The van der Waals surface area contributed by atoms with Crippen molar-refractivity contribution < 1.29 is 22.7 Å². The molecule has 1 aliphatic heterocycles. The number of quaternary nitrogens is 1. The third-order valence-corrected chi connectivity index (χ3v) is 4.38. The van der Waals surface area contributed by atoms with Crippen molar-refractivity contribution in [2.45, 2.75) is 18.6 Å². The number of benzene rings is 1. The van der Waals surface area contributed by atoms with E-state index < -0.39 is 15.9 Å². The zero-order valence-corrected chi connectivity index (χ0v) is 13.3. The van der Waals surface area contributed by atoms with Crippen LogP contribution in [0.1, 0.15) is 18.4 Å². The van der Waals surface area contributed by atoms with Crippen LogP contribution in [0.15, 0.2) is 30.3 Å². The lowest BCUT2D eigenvalue weighted by molar-refractivity contribution is -0.823. The molecule has 2 fully saturated rings. The summed E-state index contributed by atoms with van der Waals surface area (Å²) in [7, 11) is -4.13. The average molecular weight is 326 g/mol. The molecule has 1 aromatic carbocycles. The van der Waals surface area contributed by atoms with Gasteiger partial charge in [-0.05, 0) is 18.4 Å². The van der Waals surface area contributed by atoms with E-state index in [1.807, 2.05) is 0 Å². The van der Waals surface area contributed by atoms with Crippen LogP contribution in [0.4, 0.5) is 0 Å². The highest BCUT2D eigenvalue weighted by atomic mass is 32.2. The molecular weight excluding hydrogens is 304 g/mol. The van der Waals surface area contributed by atoms with E-state index in [0.29, 0.717) is 17.4 Å². The summed E-state index contributed by atoms with van der Waals surface area (Å²) in [6, 6.07) is 8.37. The first kappa shape index (κ1) is 17.1. The van der Waals surface area contributed by atoms with Crippen LogP contribution >= 0.6 is 0 Å². The molecule has 1 saturated heterocycles. The van der Waals surface area contributed by atoms with Crippen molar-refractivity contribution in [3.63, 3.8) is 0 Å². The van der Waals surface area contributed by atoms with Gasteiger partial charge in [0.2, 0.25) is 0 Å². The first-order chi connectivity index (χ1) is 10.5. The molecule has 2 N–H and O–H groups in total. The molecule has 3 rings (SSSR count). The lowest BCUT2D eigenvalue weighted by Crippen LogP contribution is -3.17. The van der Waals surface area contributed by atoms with Crippen LogP contribution in [0.5, 0.6) is 0 Å². The van der Waals surface area contributed by atoms with Crippen molar-refractivity contribution in [2.24, 2.45) is 5.92 Å². The number of piperazine rings is 1. The third kappa shape index (κ3) is 6.23. The lowest BCUT2D eigenvalue weighted by atomic mass is 10.2. The van der Waals surface area contributed by atoms with E-state index in [1.165, 1.54) is 4.90 Å². The van der Waals surface area contributed by atoms with Gasteiger partial charge in [0, 0.05) is 13.1 Å². The van der Waals surface area contributed by atoms with Gasteiger partial charge in [-0.2, -0.15) is 0 Å². The van der Waals surface area contributed by atoms with E-state index in [1.54, 1.807) is 30.3 Å². The molecule has 6 nitrogen and oxygen atoms in total. The molecule has 122 valence electrons. The number of carbonyl (C=O) groups is 1. The fourth-order valence-electron chi connectivity index (χ4n) is 2.39. The number of nitrogens with one attached hydrogen (secondary N) is 2. The van der Waals surface area contributed by atoms with Crippen LogP contribution < -0.4 is 10.2 Å². The molecule has 2 aliphatic rings. The summed E-state index contributed by atoms with van der Waals surface area (Å²) in [5.41, 5.74) is 0.530. The molecular formula is C15H22N2O4S. The van der Waals surface area contributed by atoms with E-state index in [4.69, 9.17) is 0 Å². The first-order valence-electron chi connectivity index (χ1n) is 7.53. The molecule has 22 heavy (non-hydrogen) atoms. The number of carbonyl (C=O) groups excluding carboxylic acids is 1. The van der Waals surface area contributed by atoms with Crippen molar-refractivity contribution in [1.82, 2.24) is 5.32 Å². The van der Waals surface area contributed by atoms with Crippen molar-refractivity contribution in [2.75, 3.05) is 26.2 Å². The minimum Gasteiger partial charge on any atom is -0.748 e. The molecule has 1 aliphatic carbocycles. The van der Waals surface area contributed by atoms with Crippen molar-refractivity contribution in [3.8, 4) is 0 Å². The number of hydrogen-bond donors (Lipinski definition) is 2. The largest absolute Gasteiger partial charge is 0.748 e. The maximum absolute atomic E-state index is 11.5. The first-order valence-corrected chi connectivity index (χ1v) is 9.10. The molecule has 1 amide bonds. The van der Waals surface area contributed by atoms with Gasteiger partial charge >= 0.3 is 5.91 Å². The Balaban J connectivity index is 0.000000160. The molecule has 0 atom stereocenters. The van der Waals surface area contributed by atoms with Crippen molar-refractivity contribution in [3.05, 3.63) is 35.9 Å². The Morgan fingerprint density at radius 2 is 1.77 bits per heavy atom. The normalized spacial score (nSPS) is 19.1. The third-order valence-electron chi connectivity index (χ3n) is 3.69. The van der Waals surface area contributed by atoms with E-state index >= 15 is 0 Å². The minimum absolute atomic E-state index is 0.423. The standard InChI is InChI=1S/C8H14N2O.C7H8O3S/c11-8(7-1-2-7)10-5-3-9-4-6-10;8-11(9,10)6-7-4-2-1-3-5-7/h7,9H,1-6H2;1-5H,6H2,(H,8,9,10). The molecule has 0 bridgehead atoms. The van der Waals surface area contributed by atoms with Gasteiger partial charge in [-0.15, -0.1) is 0 Å². The maximum Gasteiger partial charge on any atom is 0.315 e. The van der Waals surface area contributed by atoms with Gasteiger partial charge in [0.15, 0.2) is 0 Å². The second-order valence-corrected chi connectivity index (χ2v) is 7.08. The molecule has 1 heterocycles. The lowest BCUT2D eigenvalue weighted by Gasteiger charge is -2.21. The molecule has 0 radical (unpaired) electrons. The summed E-state index contributed by atoms with van der Waals surface area (Å²) >= 11 is 0. The van der Waals surface area contributed by atoms with Gasteiger partial charge in [0.05, 0.1) is 34.9 Å². The molecule has 1 aromatic rings. The van der Waals surface area contributed by atoms with Gasteiger partial charge in [-0.1, -0.05) is 30.3 Å². The molecule has 0 aromatic heterocycles. The second-order valence-electron chi connectivity index (χ2n) is 5.68. The van der Waals surface area contributed by atoms with Gasteiger partial charge in [-0.3, -0.25) is 4.90 Å². The smallest absolute Gasteiger partial charge is 0.315 e. The number of amides is 1. The highest BCUT2D eigenvalue weighted by molar-refractivity contribution is 7.84. The average Bonchev–Trinajstić information content (AvgIpc) is 3.32. The SMILES string of the molecule is O=C(C1CC1)[NH+]1CCNCC1.O=S(=O)([O-])Cc1ccccc1. The van der Waals surface area contributed by atoms with Crippen molar-refractivity contribution >= 4 is 16.0 Å². The summed E-state index contributed by atoms with van der Waals surface area (Å²) in [6.07, 6.45) is 2.30. The summed E-state index contributed by atoms with van der Waals surface area (Å²) in [5, 5.41) is 3.26. The fraction of sp³-hybridized carbons (Fsp3) is 0.533. The summed E-state index contributed by atoms with van der Waals surface area (Å²) in [4.78, 5) is 12.7. The van der Waals surface area contributed by atoms with Gasteiger partial charge in [-0.25, -0.2) is 13.2 Å². The Morgan fingerprint density at radius 3 is 2.27 bits per heavy atom. The fourth-order valence-corrected chi connectivity index (χ4v) is 2.99. The van der Waals surface area contributed by atoms with E-state index in [-0.39, 0.29) is 0 Å². The molecule has 7 heteroatoms. The molecule has 1 saturated carbocycles. The highest BCUT2D eigenvalue weighted by Gasteiger charge is 2.37. The maximum atomic E-state index is 11.5. The number of hydrogen-bond acceptors (Lipinski definition) is 5. The topological polar surface area (TPSA) is 90.7 Å². The van der Waals surface area contributed by atoms with Crippen LogP contribution in [0, 0.1) is 5.92 Å². The molecule has 0 spiro atoms. The second kappa shape index (κ2) is 7.82. The Labute approximate surface area is 131 Å². The molecule has 0 unspecified atom stereocenters. The summed E-state index contributed by atoms with van der Waals surface area (Å²) < 4.78 is 30.7. The van der Waals surface area contributed by atoms with E-state index in [0.717, 1.165) is 39.0 Å². The predicted molar refractivity (Wildman–Crippen MR) is 81.1 cm³/mol. The van der Waals surface area contributed by atoms with Gasteiger partial charge in [0.25, 0.3) is 0 Å². The van der Waals surface area contributed by atoms with Crippen LogP contribution in [0.3, 0.4) is 0 Å². The van der Waals surface area contributed by atoms with Crippen LogP contribution in [0.2, 0.25) is 0 Å². The zero-order valence-electron chi connectivity index (χ0n) is 12.5. The van der Waals surface area contributed by atoms with Crippen LogP contribution in [-0.4, -0.2) is 45.1 Å². The Hall–Kier alpha value is -1.28. The predicted octanol–water partition coefficient (Wildman–Crippen LogP) is -0.857. The quantitative estimate of drug-likeness (QED) is 0.706. The minimum atomic E-state index is -4.13. The van der Waals surface area contributed by atoms with E-state index in [2.05, 4.69) is 5.32 Å². The van der Waals surface area contributed by atoms with Crippen LogP contribution in [-0.2, 0) is 20.7 Å².